The third-order valence-corrected chi connectivity index (χ3v) is 16.5. The number of aliphatic carboxylic acids is 1. The maximum atomic E-state index is 14.4. The molecule has 2 aromatic heterocycles. The number of Topliss-reactive ketones (excluding diaryl/α,β-unsaturated/α-hetero) is 1. The third kappa shape index (κ3) is 5.88. The van der Waals surface area contributed by atoms with Crippen LogP contribution in [-0.4, -0.2) is 55.2 Å². The molecule has 0 unspecified atom stereocenters. The molecule has 0 saturated heterocycles. The molecule has 0 spiro atoms. The molecule has 5 aliphatic carbocycles. The number of carboxylic acids is 1. The summed E-state index contributed by atoms with van der Waals surface area (Å²) in [5, 5.41) is 19.9. The van der Waals surface area contributed by atoms with Crippen LogP contribution in [0, 0.1) is 50.7 Å². The van der Waals surface area contributed by atoms with Gasteiger partial charge in [0.2, 0.25) is 0 Å². The number of carbonyl (C=O) groups excluding carboxylic acids is 2. The Morgan fingerprint density at radius 3 is 2.36 bits per heavy atom. The molecular weight excluding hydrogens is 714 g/mol. The molecule has 4 fully saturated rings. The van der Waals surface area contributed by atoms with Crippen LogP contribution in [0.15, 0.2) is 29.5 Å². The predicted molar refractivity (Wildman–Crippen MR) is 212 cm³/mol. The third-order valence-electron chi connectivity index (χ3n) is 16.3. The number of carbonyl (C=O) groups is 3. The molecule has 0 aliphatic heterocycles. The first-order valence-corrected chi connectivity index (χ1v) is 21.0. The second kappa shape index (κ2) is 13.5. The second-order valence-corrected chi connectivity index (χ2v) is 20.6. The fraction of sp³-hybridized carbons (Fsp3) is 0.727. The lowest BCUT2D eigenvalue weighted by molar-refractivity contribution is -0.232. The van der Waals surface area contributed by atoms with E-state index in [0.717, 1.165) is 62.8 Å². The lowest BCUT2D eigenvalue weighted by Crippen LogP contribution is -2.66. The molecule has 0 aromatic carbocycles. The first kappa shape index (κ1) is 40.1. The summed E-state index contributed by atoms with van der Waals surface area (Å²) in [5.74, 6) is 1.47. The van der Waals surface area contributed by atoms with Crippen molar-refractivity contribution >= 4 is 29.3 Å². The van der Waals surface area contributed by atoms with E-state index in [2.05, 4.69) is 58.0 Å². The van der Waals surface area contributed by atoms with E-state index in [0.29, 0.717) is 47.9 Å². The number of esters is 1. The first-order chi connectivity index (χ1) is 25.7. The summed E-state index contributed by atoms with van der Waals surface area (Å²) in [7, 11) is 0. The largest absolute Gasteiger partial charge is 0.481 e. The number of pyridine rings is 1. The molecule has 4 saturated carbocycles. The Hall–Kier alpha value is -3.11. The van der Waals surface area contributed by atoms with Gasteiger partial charge in [0.05, 0.1) is 22.3 Å². The van der Waals surface area contributed by atoms with Gasteiger partial charge in [0.15, 0.2) is 11.6 Å². The zero-order chi connectivity index (χ0) is 40.1. The Kier molecular flexibility index (Phi) is 9.84. The molecule has 11 heteroatoms. The topological polar surface area (TPSA) is 150 Å². The lowest BCUT2D eigenvalue weighted by atomic mass is 9.33. The van der Waals surface area contributed by atoms with Gasteiger partial charge in [-0.3, -0.25) is 19.4 Å². The van der Waals surface area contributed by atoms with Crippen molar-refractivity contribution in [3.8, 4) is 11.5 Å². The second-order valence-electron chi connectivity index (χ2n) is 20.1. The van der Waals surface area contributed by atoms with Crippen molar-refractivity contribution in [3.63, 3.8) is 0 Å². The molecule has 8 atom stereocenters. The van der Waals surface area contributed by atoms with Gasteiger partial charge in [-0.1, -0.05) is 60.1 Å². The highest BCUT2D eigenvalue weighted by molar-refractivity contribution is 6.30. The number of nitrogens with two attached hydrogens (primary N) is 1. The molecule has 10 nitrogen and oxygen atoms in total. The van der Waals surface area contributed by atoms with Crippen molar-refractivity contribution in [2.24, 2.45) is 56.5 Å². The van der Waals surface area contributed by atoms with E-state index in [9.17, 15) is 19.5 Å². The van der Waals surface area contributed by atoms with Gasteiger partial charge in [-0.25, -0.2) is 0 Å². The predicted octanol–water partition coefficient (Wildman–Crippen LogP) is 8.60. The monoisotopic (exact) mass is 775 g/mol. The van der Waals surface area contributed by atoms with Crippen LogP contribution in [0.2, 0.25) is 5.02 Å². The summed E-state index contributed by atoms with van der Waals surface area (Å²) in [4.78, 5) is 43.9. The first-order valence-electron chi connectivity index (χ1n) is 20.6. The fourth-order valence-corrected chi connectivity index (χ4v) is 13.5. The van der Waals surface area contributed by atoms with Crippen molar-refractivity contribution in [1.82, 2.24) is 19.7 Å². The summed E-state index contributed by atoms with van der Waals surface area (Å²) < 4.78 is 8.32. The molecule has 2 aromatic rings. The van der Waals surface area contributed by atoms with Crippen LogP contribution in [0.3, 0.4) is 0 Å². The molecule has 7 rings (SSSR count). The minimum absolute atomic E-state index is 0.0302. The van der Waals surface area contributed by atoms with Crippen molar-refractivity contribution < 1.29 is 24.2 Å². The highest BCUT2D eigenvalue weighted by Gasteiger charge is 2.71. The molecule has 300 valence electrons. The van der Waals surface area contributed by atoms with E-state index < -0.39 is 22.8 Å². The zero-order valence-corrected chi connectivity index (χ0v) is 35.2. The van der Waals surface area contributed by atoms with E-state index in [4.69, 9.17) is 32.3 Å². The summed E-state index contributed by atoms with van der Waals surface area (Å²) in [6, 6.07) is 3.68. The minimum Gasteiger partial charge on any atom is -0.481 e. The van der Waals surface area contributed by atoms with E-state index >= 15 is 0 Å². The Labute approximate surface area is 331 Å². The Morgan fingerprint density at radius 1 is 1.00 bits per heavy atom. The van der Waals surface area contributed by atoms with Crippen molar-refractivity contribution in [3.05, 3.63) is 40.3 Å². The number of fused-ring (bicyclic) bond motifs is 7. The molecule has 0 bridgehead atoms. The van der Waals surface area contributed by atoms with Crippen molar-refractivity contribution in [2.45, 2.75) is 145 Å². The number of hydrogen-bond acceptors (Lipinski definition) is 8. The van der Waals surface area contributed by atoms with Crippen LogP contribution < -0.4 is 5.73 Å². The number of rotatable bonds is 9. The van der Waals surface area contributed by atoms with Crippen LogP contribution in [0.4, 0.5) is 0 Å². The van der Waals surface area contributed by atoms with Gasteiger partial charge in [0.1, 0.15) is 17.6 Å². The normalized spacial score (nSPS) is 35.5. The molecule has 55 heavy (non-hydrogen) atoms. The fourth-order valence-electron chi connectivity index (χ4n) is 13.4. The number of nitrogens with zero attached hydrogens (tertiary/aromatic N) is 4. The molecule has 0 radical (unpaired) electrons. The average molecular weight is 776 g/mol. The van der Waals surface area contributed by atoms with Gasteiger partial charge in [0.25, 0.3) is 0 Å². The summed E-state index contributed by atoms with van der Waals surface area (Å²) in [5.41, 5.74) is 7.31. The number of aromatic nitrogens is 4. The zero-order valence-electron chi connectivity index (χ0n) is 34.4. The van der Waals surface area contributed by atoms with Crippen LogP contribution in [0.5, 0.6) is 0 Å². The van der Waals surface area contributed by atoms with Crippen LogP contribution >= 0.6 is 11.6 Å². The van der Waals surface area contributed by atoms with Gasteiger partial charge >= 0.3 is 11.9 Å². The van der Waals surface area contributed by atoms with Crippen LogP contribution in [0.1, 0.15) is 132 Å². The van der Waals surface area contributed by atoms with Gasteiger partial charge in [-0.2, -0.15) is 0 Å². The maximum absolute atomic E-state index is 14.4. The minimum atomic E-state index is -1.17. The van der Waals surface area contributed by atoms with Crippen molar-refractivity contribution in [1.29, 1.82) is 0 Å². The smallest absolute Gasteiger partial charge is 0.309 e. The summed E-state index contributed by atoms with van der Waals surface area (Å²) in [6.07, 6.45) is 9.39. The maximum Gasteiger partial charge on any atom is 0.309 e. The highest BCUT2D eigenvalue weighted by Crippen LogP contribution is 2.76. The van der Waals surface area contributed by atoms with Crippen molar-refractivity contribution in [2.75, 3.05) is 6.54 Å². The molecule has 2 heterocycles. The summed E-state index contributed by atoms with van der Waals surface area (Å²) >= 11 is 6.21. The van der Waals surface area contributed by atoms with Crippen LogP contribution in [0.25, 0.3) is 11.5 Å². The number of hydrogen-bond donors (Lipinski definition) is 2. The molecule has 3 N–H and O–H groups in total. The number of carboxylic acid groups (broad SMARTS) is 1. The Morgan fingerprint density at radius 2 is 1.73 bits per heavy atom. The molecule has 5 aliphatic rings. The van der Waals surface area contributed by atoms with E-state index in [-0.39, 0.29) is 51.8 Å². The van der Waals surface area contributed by atoms with E-state index in [1.165, 1.54) is 5.57 Å². The average Bonchev–Trinajstić information content (AvgIpc) is 3.65. The lowest BCUT2D eigenvalue weighted by Gasteiger charge is -2.72. The molecule has 0 amide bonds. The Bertz CT molecular complexity index is 1920. The van der Waals surface area contributed by atoms with E-state index in [1.54, 1.807) is 20.0 Å². The number of ether oxygens (including phenoxy) is 1. The molecular formula is C44H62ClN5O5. The number of halogens is 1. The van der Waals surface area contributed by atoms with E-state index in [1.807, 2.05) is 12.1 Å². The van der Waals surface area contributed by atoms with Gasteiger partial charge < -0.3 is 20.1 Å². The number of ketones is 1. The highest BCUT2D eigenvalue weighted by atomic mass is 35.5. The summed E-state index contributed by atoms with van der Waals surface area (Å²) in [6.45, 7) is 20.6. The number of allylic oxidation sites excluding steroid dienone is 2. The van der Waals surface area contributed by atoms with Gasteiger partial charge in [0, 0.05) is 31.1 Å². The van der Waals surface area contributed by atoms with Crippen LogP contribution in [-0.2, 0) is 31.1 Å². The quantitative estimate of drug-likeness (QED) is 0.239. The van der Waals surface area contributed by atoms with Gasteiger partial charge in [-0.15, -0.1) is 10.2 Å². The van der Waals surface area contributed by atoms with Gasteiger partial charge in [-0.05, 0) is 128 Å². The standard InChI is InChI=1S/C44H62ClN5O5/c1-25(2)34-29(51)22-44(37-49-48-36(50(37)21-20-46)28-12-10-26(45)24-47-28)19-18-42(8)27(35(34)44)11-13-31-41(7)16-15-32(55-33(52)23-39(3,4)38(53)54)40(5,6)30(41)14-17-43(31,42)9/h10,12,24-25,27,30-32H,11,13-23,46H2,1-9H3,(H,53,54)/t27-,30+,31-,32+,41+,42-,43-,44-/m1/s1. The Balaban J connectivity index is 1.24. The SMILES string of the molecule is CC(C)C1=C2[C@H]3CC[C@@H]4[C@@]5(C)CC[C@H](OC(=O)CC(C)(C)C(=O)O)C(C)(C)[C@@H]5CC[C@@]4(C)[C@]3(C)CC[C@@]2(c2nnc(-c3ccc(Cl)cn3)n2CCN)CC1=O.